The molecule has 4 unspecified atom stereocenters. The van der Waals surface area contributed by atoms with Crippen molar-refractivity contribution in [3.63, 3.8) is 0 Å². The number of allylic oxidation sites excluding steroid dienone is 1. The Bertz CT molecular complexity index is 929. The van der Waals surface area contributed by atoms with E-state index < -0.39 is 36.7 Å². The van der Waals surface area contributed by atoms with Crippen LogP contribution in [0.2, 0.25) is 0 Å². The largest absolute Gasteiger partial charge is 0.479 e. The lowest BCUT2D eigenvalue weighted by molar-refractivity contribution is -0.271. The van der Waals surface area contributed by atoms with Crippen molar-refractivity contribution in [2.45, 2.75) is 82.7 Å². The molecule has 0 aromatic heterocycles. The highest BCUT2D eigenvalue weighted by Crippen LogP contribution is 2.49. The van der Waals surface area contributed by atoms with Gasteiger partial charge in [-0.25, -0.2) is 4.79 Å². The van der Waals surface area contributed by atoms with E-state index >= 15 is 0 Å². The van der Waals surface area contributed by atoms with Crippen LogP contribution in [-0.2, 0) is 21.4 Å². The quantitative estimate of drug-likeness (QED) is 0.487. The normalized spacial score (nSPS) is 38.3. The number of nitrogens with zero attached hydrogens (tertiary/aromatic N) is 1. The summed E-state index contributed by atoms with van der Waals surface area (Å²) in [7, 11) is 0. The Morgan fingerprint density at radius 2 is 1.97 bits per heavy atom. The van der Waals surface area contributed by atoms with Gasteiger partial charge in [0.15, 0.2) is 6.10 Å². The highest BCUT2D eigenvalue weighted by atomic mass is 16.7. The predicted molar refractivity (Wildman–Crippen MR) is 121 cm³/mol. The van der Waals surface area contributed by atoms with Crippen molar-refractivity contribution in [3.05, 3.63) is 41.0 Å². The Balaban J connectivity index is 1.57. The van der Waals surface area contributed by atoms with Crippen molar-refractivity contribution >= 4 is 5.97 Å². The van der Waals surface area contributed by atoms with Crippen molar-refractivity contribution in [2.24, 2.45) is 5.92 Å². The third-order valence-corrected chi connectivity index (χ3v) is 7.89. The van der Waals surface area contributed by atoms with Gasteiger partial charge < -0.3 is 29.9 Å². The smallest absolute Gasteiger partial charge is 0.335 e. The fraction of sp³-hybridized carbons (Fsp3) is 0.640. The molecule has 2 saturated heterocycles. The van der Waals surface area contributed by atoms with Crippen LogP contribution in [0.5, 0.6) is 5.75 Å². The number of carbonyl (C=O) groups is 1. The maximum atomic E-state index is 11.4. The van der Waals surface area contributed by atoms with Gasteiger partial charge >= 0.3 is 5.97 Å². The maximum Gasteiger partial charge on any atom is 0.335 e. The number of hydrogen-bond donors (Lipinski definition) is 4. The molecule has 33 heavy (non-hydrogen) atoms. The van der Waals surface area contributed by atoms with Crippen LogP contribution < -0.4 is 4.74 Å². The average Bonchev–Trinajstić information content (AvgIpc) is 2.76. The molecule has 1 aromatic carbocycles. The first-order chi connectivity index (χ1) is 15.5. The van der Waals surface area contributed by atoms with Gasteiger partial charge in [0.1, 0.15) is 24.1 Å². The molecule has 1 aliphatic carbocycles. The second-order valence-corrected chi connectivity index (χ2v) is 10.2. The van der Waals surface area contributed by atoms with E-state index in [1.165, 1.54) is 16.7 Å². The number of carboxylic acid groups (broad SMARTS) is 1. The zero-order valence-corrected chi connectivity index (χ0v) is 19.6. The number of aliphatic carboxylic acids is 1. The Morgan fingerprint density at radius 3 is 2.64 bits per heavy atom. The van der Waals surface area contributed by atoms with Crippen LogP contribution in [0.4, 0.5) is 0 Å². The first-order valence-electron chi connectivity index (χ1n) is 11.6. The molecule has 182 valence electrons. The number of carboxylic acids is 1. The lowest BCUT2D eigenvalue weighted by atomic mass is 9.59. The fourth-order valence-electron chi connectivity index (χ4n) is 5.57. The number of aliphatic hydroxyl groups excluding tert-OH is 3. The summed E-state index contributed by atoms with van der Waals surface area (Å²) in [5.74, 6) is -0.562. The number of aliphatic hydroxyl groups is 3. The lowest BCUT2D eigenvalue weighted by Gasteiger charge is -2.54. The molecule has 2 fully saturated rings. The molecule has 2 aliphatic heterocycles. The summed E-state index contributed by atoms with van der Waals surface area (Å²) in [5, 5.41) is 39.5. The molecule has 4 N–H and O–H groups in total. The third kappa shape index (κ3) is 4.31. The maximum absolute atomic E-state index is 11.4. The molecule has 8 nitrogen and oxygen atoms in total. The second kappa shape index (κ2) is 9.00. The number of hydrogen-bond acceptors (Lipinski definition) is 7. The lowest BCUT2D eigenvalue weighted by Crippen LogP contribution is -2.61. The van der Waals surface area contributed by atoms with Crippen molar-refractivity contribution in [1.29, 1.82) is 0 Å². The minimum absolute atomic E-state index is 0.0373. The molecule has 4 rings (SSSR count). The number of rotatable bonds is 5. The predicted octanol–water partition coefficient (Wildman–Crippen LogP) is 1.45. The van der Waals surface area contributed by atoms with Crippen molar-refractivity contribution in [3.8, 4) is 5.75 Å². The summed E-state index contributed by atoms with van der Waals surface area (Å²) in [6.07, 6.45) is -3.87. The average molecular weight is 462 g/mol. The van der Waals surface area contributed by atoms with Gasteiger partial charge in [-0.15, -0.1) is 0 Å². The van der Waals surface area contributed by atoms with Crippen molar-refractivity contribution in [1.82, 2.24) is 4.90 Å². The molecule has 8 atom stereocenters. The van der Waals surface area contributed by atoms with E-state index in [1.807, 2.05) is 12.1 Å². The third-order valence-electron chi connectivity index (χ3n) is 7.89. The molecule has 3 aliphatic rings. The Morgan fingerprint density at radius 1 is 1.24 bits per heavy atom. The van der Waals surface area contributed by atoms with E-state index in [0.717, 1.165) is 25.9 Å². The Labute approximate surface area is 194 Å². The molecule has 1 aromatic rings. The fourth-order valence-corrected chi connectivity index (χ4v) is 5.57. The van der Waals surface area contributed by atoms with E-state index in [0.29, 0.717) is 17.7 Å². The number of fused-ring (bicyclic) bond motifs is 4. The van der Waals surface area contributed by atoms with Gasteiger partial charge in [-0.1, -0.05) is 31.6 Å². The van der Waals surface area contributed by atoms with Crippen LogP contribution in [0, 0.1) is 5.92 Å². The molecule has 8 heteroatoms. The molecule has 0 saturated carbocycles. The van der Waals surface area contributed by atoms with Crippen LogP contribution in [0.15, 0.2) is 29.8 Å². The highest BCUT2D eigenvalue weighted by molar-refractivity contribution is 5.73. The highest BCUT2D eigenvalue weighted by Gasteiger charge is 2.50. The van der Waals surface area contributed by atoms with Crippen molar-refractivity contribution in [2.75, 3.05) is 13.1 Å². The summed E-state index contributed by atoms with van der Waals surface area (Å²) in [6, 6.07) is 6.23. The SMILES string of the molecule is CC(C)=CCN1CCC2(C)c3cc(OC4O[C@H](C(=O)O)[C@@H](O)[C@H](O)[C@H]4O)ccc3CC1C2C. The minimum Gasteiger partial charge on any atom is -0.479 e. The van der Waals surface area contributed by atoms with Gasteiger partial charge in [-0.2, -0.15) is 0 Å². The summed E-state index contributed by atoms with van der Waals surface area (Å²) in [5.41, 5.74) is 3.75. The van der Waals surface area contributed by atoms with Gasteiger partial charge in [0.25, 0.3) is 0 Å². The van der Waals surface area contributed by atoms with Gasteiger partial charge in [0.05, 0.1) is 0 Å². The monoisotopic (exact) mass is 461 g/mol. The topological polar surface area (TPSA) is 120 Å². The summed E-state index contributed by atoms with van der Waals surface area (Å²) < 4.78 is 11.1. The van der Waals surface area contributed by atoms with E-state index in [1.54, 1.807) is 6.07 Å². The molecule has 0 radical (unpaired) electrons. The molecule has 0 spiro atoms. The second-order valence-electron chi connectivity index (χ2n) is 10.2. The van der Waals surface area contributed by atoms with E-state index in [9.17, 15) is 25.2 Å². The number of benzene rings is 1. The first kappa shape index (κ1) is 24.2. The first-order valence-corrected chi connectivity index (χ1v) is 11.6. The number of ether oxygens (including phenoxy) is 2. The molecule has 2 heterocycles. The van der Waals surface area contributed by atoms with E-state index in [-0.39, 0.29) is 5.41 Å². The van der Waals surface area contributed by atoms with E-state index in [2.05, 4.69) is 38.7 Å². The van der Waals surface area contributed by atoms with Gasteiger partial charge in [-0.3, -0.25) is 4.90 Å². The van der Waals surface area contributed by atoms with Crippen LogP contribution in [0.3, 0.4) is 0 Å². The Hall–Kier alpha value is -1.97. The van der Waals surface area contributed by atoms with Crippen LogP contribution in [0.1, 0.15) is 45.2 Å². The van der Waals surface area contributed by atoms with E-state index in [4.69, 9.17) is 9.47 Å². The van der Waals surface area contributed by atoms with Crippen LogP contribution in [0.25, 0.3) is 0 Å². The summed E-state index contributed by atoms with van der Waals surface area (Å²) in [4.78, 5) is 13.9. The molecular weight excluding hydrogens is 426 g/mol. The molecule has 0 amide bonds. The molecule has 2 bridgehead atoms. The Kier molecular flexibility index (Phi) is 6.59. The van der Waals surface area contributed by atoms with Crippen molar-refractivity contribution < 1.29 is 34.7 Å². The number of piperidine rings is 1. The summed E-state index contributed by atoms with van der Waals surface area (Å²) in [6.45, 7) is 10.8. The van der Waals surface area contributed by atoms with Crippen LogP contribution >= 0.6 is 0 Å². The summed E-state index contributed by atoms with van der Waals surface area (Å²) >= 11 is 0. The van der Waals surface area contributed by atoms with Gasteiger partial charge in [0, 0.05) is 12.6 Å². The molecular formula is C25H35NO7. The van der Waals surface area contributed by atoms with Gasteiger partial charge in [0.2, 0.25) is 6.29 Å². The zero-order chi connectivity index (χ0) is 24.1. The van der Waals surface area contributed by atoms with Crippen LogP contribution in [-0.4, -0.2) is 81.1 Å². The number of likely N-dealkylation sites (tertiary alicyclic amines) is 1. The zero-order valence-electron chi connectivity index (χ0n) is 19.6. The van der Waals surface area contributed by atoms with Gasteiger partial charge in [-0.05, 0) is 67.8 Å². The standard InChI is InChI=1S/C25H35NO7/c1-13(2)7-9-26-10-8-25(4)14(3)18(26)11-15-5-6-16(12-17(15)25)32-24-21(29)19(27)20(28)22(33-24)23(30)31/h5-7,12,14,18-22,24,27-29H,8-11H2,1-4H3,(H,30,31)/t14?,18?,19-,20-,21+,22-,24?,25?/m0/s1. The minimum atomic E-state index is -1.74.